The van der Waals surface area contributed by atoms with Gasteiger partial charge in [-0.25, -0.2) is 4.98 Å². The Balaban J connectivity index is 2.19. The van der Waals surface area contributed by atoms with E-state index >= 15 is 0 Å². The summed E-state index contributed by atoms with van der Waals surface area (Å²) in [6.45, 7) is 2.69. The van der Waals surface area contributed by atoms with Crippen LogP contribution >= 0.6 is 12.2 Å². The van der Waals surface area contributed by atoms with Crippen LogP contribution < -0.4 is 10.5 Å². The summed E-state index contributed by atoms with van der Waals surface area (Å²) in [6, 6.07) is 1.89. The van der Waals surface area contributed by atoms with Crippen LogP contribution in [0.25, 0.3) is 0 Å². The summed E-state index contributed by atoms with van der Waals surface area (Å²) >= 11 is 4.99. The molecule has 80 valence electrons. The van der Waals surface area contributed by atoms with Crippen LogP contribution in [0.4, 0.5) is 0 Å². The number of hydrogen-bond acceptors (Lipinski definition) is 3. The summed E-state index contributed by atoms with van der Waals surface area (Å²) in [6.07, 6.45) is 4.24. The summed E-state index contributed by atoms with van der Waals surface area (Å²) in [5, 5.41) is 0. The Morgan fingerprint density at radius 3 is 3.00 bits per heavy atom. The molecular weight excluding hydrogens is 208 g/mol. The summed E-state index contributed by atoms with van der Waals surface area (Å²) in [7, 11) is 0. The van der Waals surface area contributed by atoms with Gasteiger partial charge in [-0.05, 0) is 37.3 Å². The van der Waals surface area contributed by atoms with Crippen molar-refractivity contribution in [3.63, 3.8) is 0 Å². The third-order valence-electron chi connectivity index (χ3n) is 2.52. The van der Waals surface area contributed by atoms with E-state index in [0.29, 0.717) is 16.8 Å². The van der Waals surface area contributed by atoms with Crippen LogP contribution in [0.2, 0.25) is 0 Å². The predicted octanol–water partition coefficient (Wildman–Crippen LogP) is 1.81. The lowest BCUT2D eigenvalue weighted by molar-refractivity contribution is 0.288. The fraction of sp³-hybridized carbons (Fsp3) is 0.455. The lowest BCUT2D eigenvalue weighted by Gasteiger charge is -2.10. The van der Waals surface area contributed by atoms with Gasteiger partial charge < -0.3 is 10.5 Å². The van der Waals surface area contributed by atoms with Crippen LogP contribution in [-0.4, -0.2) is 16.6 Å². The Morgan fingerprint density at radius 2 is 2.40 bits per heavy atom. The van der Waals surface area contributed by atoms with Crippen molar-refractivity contribution in [1.82, 2.24) is 4.98 Å². The van der Waals surface area contributed by atoms with Gasteiger partial charge in [0.2, 0.25) is 5.88 Å². The van der Waals surface area contributed by atoms with Crippen molar-refractivity contribution in [2.45, 2.75) is 19.8 Å². The van der Waals surface area contributed by atoms with Crippen LogP contribution in [0, 0.1) is 12.8 Å². The molecule has 0 atom stereocenters. The van der Waals surface area contributed by atoms with Crippen LogP contribution in [0.1, 0.15) is 24.0 Å². The lowest BCUT2D eigenvalue weighted by atomic mass is 10.1. The number of ether oxygens (including phenoxy) is 1. The van der Waals surface area contributed by atoms with Crippen molar-refractivity contribution in [2.75, 3.05) is 6.61 Å². The van der Waals surface area contributed by atoms with Gasteiger partial charge in [-0.15, -0.1) is 0 Å². The van der Waals surface area contributed by atoms with Gasteiger partial charge in [0.25, 0.3) is 0 Å². The van der Waals surface area contributed by atoms with Crippen molar-refractivity contribution in [1.29, 1.82) is 0 Å². The van der Waals surface area contributed by atoms with Crippen LogP contribution in [0.15, 0.2) is 12.3 Å². The molecule has 4 heteroatoms. The van der Waals surface area contributed by atoms with Gasteiger partial charge in [-0.1, -0.05) is 12.2 Å². The standard InChI is InChI=1S/C11H14N2OS/c1-7-4-5-13-11(9(7)10(12)15)14-6-8-2-3-8/h4-5,8H,2-3,6H2,1H3,(H2,12,15). The molecule has 0 bridgehead atoms. The summed E-state index contributed by atoms with van der Waals surface area (Å²) in [5.74, 6) is 1.28. The molecule has 1 aromatic heterocycles. The van der Waals surface area contributed by atoms with E-state index in [4.69, 9.17) is 22.7 Å². The molecule has 1 fully saturated rings. The Bertz CT molecular complexity index is 388. The van der Waals surface area contributed by atoms with E-state index in [-0.39, 0.29) is 0 Å². The molecule has 1 aliphatic rings. The van der Waals surface area contributed by atoms with Crippen molar-refractivity contribution >= 4 is 17.2 Å². The highest BCUT2D eigenvalue weighted by molar-refractivity contribution is 7.80. The molecule has 1 heterocycles. The number of pyridine rings is 1. The SMILES string of the molecule is Cc1ccnc(OCC2CC2)c1C(N)=S. The number of aryl methyl sites for hydroxylation is 1. The fourth-order valence-corrected chi connectivity index (χ4v) is 1.67. The van der Waals surface area contributed by atoms with E-state index in [2.05, 4.69) is 4.98 Å². The Kier molecular flexibility index (Phi) is 2.86. The second-order valence-electron chi connectivity index (χ2n) is 3.93. The molecule has 3 nitrogen and oxygen atoms in total. The zero-order chi connectivity index (χ0) is 10.8. The minimum atomic E-state index is 0.353. The maximum Gasteiger partial charge on any atom is 0.223 e. The first kappa shape index (κ1) is 10.4. The quantitative estimate of drug-likeness (QED) is 0.789. The Labute approximate surface area is 94.6 Å². The minimum absolute atomic E-state index is 0.353. The zero-order valence-corrected chi connectivity index (χ0v) is 9.51. The zero-order valence-electron chi connectivity index (χ0n) is 8.69. The van der Waals surface area contributed by atoms with E-state index in [1.165, 1.54) is 12.8 Å². The summed E-state index contributed by atoms with van der Waals surface area (Å²) < 4.78 is 5.62. The van der Waals surface area contributed by atoms with E-state index in [0.717, 1.165) is 17.7 Å². The molecule has 0 saturated heterocycles. The Morgan fingerprint density at radius 1 is 1.67 bits per heavy atom. The van der Waals surface area contributed by atoms with Crippen molar-refractivity contribution in [2.24, 2.45) is 11.7 Å². The third kappa shape index (κ3) is 2.45. The van der Waals surface area contributed by atoms with Crippen LogP contribution in [0.5, 0.6) is 5.88 Å². The molecule has 0 spiro atoms. The first-order valence-corrected chi connectivity index (χ1v) is 5.47. The summed E-state index contributed by atoms with van der Waals surface area (Å²) in [4.78, 5) is 4.52. The molecule has 0 aliphatic heterocycles. The number of rotatable bonds is 4. The number of nitrogens with two attached hydrogens (primary N) is 1. The van der Waals surface area contributed by atoms with Gasteiger partial charge in [0.05, 0.1) is 12.2 Å². The second-order valence-corrected chi connectivity index (χ2v) is 4.37. The molecule has 0 unspecified atom stereocenters. The monoisotopic (exact) mass is 222 g/mol. The van der Waals surface area contributed by atoms with Gasteiger partial charge in [0.1, 0.15) is 4.99 Å². The largest absolute Gasteiger partial charge is 0.477 e. The third-order valence-corrected chi connectivity index (χ3v) is 2.73. The first-order valence-electron chi connectivity index (χ1n) is 5.06. The van der Waals surface area contributed by atoms with Gasteiger partial charge in [-0.2, -0.15) is 0 Å². The maximum atomic E-state index is 5.65. The van der Waals surface area contributed by atoms with Crippen LogP contribution in [0.3, 0.4) is 0 Å². The molecule has 0 radical (unpaired) electrons. The van der Waals surface area contributed by atoms with Crippen molar-refractivity contribution in [3.8, 4) is 5.88 Å². The highest BCUT2D eigenvalue weighted by atomic mass is 32.1. The second kappa shape index (κ2) is 4.14. The van der Waals surface area contributed by atoms with Gasteiger partial charge >= 0.3 is 0 Å². The number of thiocarbonyl (C=S) groups is 1. The average Bonchev–Trinajstić information content (AvgIpc) is 2.97. The topological polar surface area (TPSA) is 48.1 Å². The van der Waals surface area contributed by atoms with E-state index in [1.807, 2.05) is 13.0 Å². The number of nitrogens with zero attached hydrogens (tertiary/aromatic N) is 1. The molecular formula is C11H14N2OS. The van der Waals surface area contributed by atoms with Gasteiger partial charge in [0.15, 0.2) is 0 Å². The van der Waals surface area contributed by atoms with Crippen LogP contribution in [-0.2, 0) is 0 Å². The van der Waals surface area contributed by atoms with Crippen molar-refractivity contribution in [3.05, 3.63) is 23.4 Å². The number of hydrogen-bond donors (Lipinski definition) is 1. The predicted molar refractivity (Wildman–Crippen MR) is 63.1 cm³/mol. The highest BCUT2D eigenvalue weighted by Gasteiger charge is 2.23. The number of aromatic nitrogens is 1. The van der Waals surface area contributed by atoms with E-state index in [9.17, 15) is 0 Å². The molecule has 1 aromatic rings. The molecule has 0 aromatic carbocycles. The van der Waals surface area contributed by atoms with E-state index in [1.54, 1.807) is 6.20 Å². The van der Waals surface area contributed by atoms with Crippen molar-refractivity contribution < 1.29 is 4.74 Å². The molecule has 1 aliphatic carbocycles. The first-order chi connectivity index (χ1) is 7.18. The molecule has 15 heavy (non-hydrogen) atoms. The molecule has 1 saturated carbocycles. The molecule has 2 rings (SSSR count). The minimum Gasteiger partial charge on any atom is -0.477 e. The summed E-state index contributed by atoms with van der Waals surface area (Å²) in [5.41, 5.74) is 7.44. The molecule has 2 N–H and O–H groups in total. The highest BCUT2D eigenvalue weighted by Crippen LogP contribution is 2.30. The normalized spacial score (nSPS) is 15.0. The fourth-order valence-electron chi connectivity index (χ4n) is 1.42. The van der Waals surface area contributed by atoms with E-state index < -0.39 is 0 Å². The molecule has 0 amide bonds. The van der Waals surface area contributed by atoms with Gasteiger partial charge in [0, 0.05) is 6.20 Å². The Hall–Kier alpha value is -1.16. The smallest absolute Gasteiger partial charge is 0.223 e. The van der Waals surface area contributed by atoms with Gasteiger partial charge in [-0.3, -0.25) is 0 Å². The average molecular weight is 222 g/mol. The lowest BCUT2D eigenvalue weighted by Crippen LogP contribution is -2.15. The maximum absolute atomic E-state index is 5.65.